The molecule has 6 heteroatoms. The fourth-order valence-corrected chi connectivity index (χ4v) is 3.05. The lowest BCUT2D eigenvalue weighted by Crippen LogP contribution is -2.33. The summed E-state index contributed by atoms with van der Waals surface area (Å²) < 4.78 is 0. The van der Waals surface area contributed by atoms with E-state index in [-0.39, 0.29) is 17.5 Å². The number of amides is 2. The molecule has 1 aliphatic rings. The maximum atomic E-state index is 12.3. The quantitative estimate of drug-likeness (QED) is 0.747. The number of imide groups is 1. The molecule has 0 fully saturated rings. The van der Waals surface area contributed by atoms with E-state index in [0.717, 1.165) is 22.0 Å². The van der Waals surface area contributed by atoms with Crippen molar-refractivity contribution in [3.63, 3.8) is 0 Å². The van der Waals surface area contributed by atoms with Crippen molar-refractivity contribution in [2.24, 2.45) is 0 Å². The van der Waals surface area contributed by atoms with E-state index in [2.05, 4.69) is 4.98 Å². The number of rotatable bonds is 3. The van der Waals surface area contributed by atoms with E-state index < -0.39 is 17.8 Å². The van der Waals surface area contributed by atoms with Gasteiger partial charge < -0.3 is 9.82 Å². The summed E-state index contributed by atoms with van der Waals surface area (Å²) in [5.41, 5.74) is 3.25. The van der Waals surface area contributed by atoms with Crippen molar-refractivity contribution in [2.45, 2.75) is 13.3 Å². The summed E-state index contributed by atoms with van der Waals surface area (Å²) in [5.74, 6) is -1.91. The SMILES string of the molecule is Cc1cccc2c(CC(=O)ON3C(=O)c4ccccc4C3=O)c[nH]c12. The first-order valence-electron chi connectivity index (χ1n) is 7.80. The van der Waals surface area contributed by atoms with Crippen LogP contribution in [0.3, 0.4) is 0 Å². The standard InChI is InChI=1S/C19H14N2O4/c1-11-5-4-8-13-12(10-20-17(11)13)9-16(22)25-21-18(23)14-6-2-3-7-15(14)19(21)24/h2-8,10,20H,9H2,1H3. The lowest BCUT2D eigenvalue weighted by Gasteiger charge is -2.12. The van der Waals surface area contributed by atoms with Gasteiger partial charge in [-0.2, -0.15) is 0 Å². The molecule has 124 valence electrons. The molecule has 2 amide bonds. The maximum Gasteiger partial charge on any atom is 0.337 e. The molecule has 0 spiro atoms. The molecular weight excluding hydrogens is 320 g/mol. The molecule has 1 aliphatic heterocycles. The van der Waals surface area contributed by atoms with E-state index >= 15 is 0 Å². The number of fused-ring (bicyclic) bond motifs is 2. The number of benzene rings is 2. The number of hydrogen-bond donors (Lipinski definition) is 1. The Morgan fingerprint density at radius 1 is 1.04 bits per heavy atom. The molecule has 2 aromatic carbocycles. The molecule has 4 rings (SSSR count). The second-order valence-electron chi connectivity index (χ2n) is 5.90. The fourth-order valence-electron chi connectivity index (χ4n) is 3.05. The third-order valence-corrected chi connectivity index (χ3v) is 4.29. The number of carbonyl (C=O) groups is 3. The highest BCUT2D eigenvalue weighted by molar-refractivity contribution is 6.20. The summed E-state index contributed by atoms with van der Waals surface area (Å²) in [6.45, 7) is 1.97. The van der Waals surface area contributed by atoms with Crippen LogP contribution in [0.5, 0.6) is 0 Å². The zero-order chi connectivity index (χ0) is 17.6. The zero-order valence-corrected chi connectivity index (χ0v) is 13.4. The van der Waals surface area contributed by atoms with Gasteiger partial charge in [0.15, 0.2) is 0 Å². The highest BCUT2D eigenvalue weighted by Crippen LogP contribution is 2.24. The Morgan fingerprint density at radius 2 is 1.72 bits per heavy atom. The van der Waals surface area contributed by atoms with Crippen LogP contribution in [0, 0.1) is 6.92 Å². The molecule has 0 radical (unpaired) electrons. The van der Waals surface area contributed by atoms with Crippen molar-refractivity contribution in [1.82, 2.24) is 10.0 Å². The minimum Gasteiger partial charge on any atom is -0.361 e. The van der Waals surface area contributed by atoms with Crippen LogP contribution in [0.1, 0.15) is 31.8 Å². The molecule has 3 aromatic rings. The van der Waals surface area contributed by atoms with Gasteiger partial charge in [0.05, 0.1) is 17.5 Å². The first kappa shape index (κ1) is 15.1. The molecular formula is C19H14N2O4. The van der Waals surface area contributed by atoms with Crippen LogP contribution in [0.2, 0.25) is 0 Å². The number of aromatic nitrogens is 1. The summed E-state index contributed by atoms with van der Waals surface area (Å²) >= 11 is 0. The zero-order valence-electron chi connectivity index (χ0n) is 13.4. The fraction of sp³-hybridized carbons (Fsp3) is 0.105. The number of nitrogens with one attached hydrogen (secondary N) is 1. The van der Waals surface area contributed by atoms with Crippen LogP contribution in [-0.4, -0.2) is 27.8 Å². The van der Waals surface area contributed by atoms with Crippen molar-refractivity contribution < 1.29 is 19.2 Å². The van der Waals surface area contributed by atoms with E-state index in [4.69, 9.17) is 4.84 Å². The van der Waals surface area contributed by atoms with Crippen molar-refractivity contribution in [2.75, 3.05) is 0 Å². The van der Waals surface area contributed by atoms with Gasteiger partial charge in [0.1, 0.15) is 0 Å². The molecule has 0 bridgehead atoms. The van der Waals surface area contributed by atoms with Crippen molar-refractivity contribution in [1.29, 1.82) is 0 Å². The molecule has 6 nitrogen and oxygen atoms in total. The van der Waals surface area contributed by atoms with Crippen molar-refractivity contribution >= 4 is 28.7 Å². The molecule has 1 aromatic heterocycles. The average Bonchev–Trinajstić information content (AvgIpc) is 3.12. The van der Waals surface area contributed by atoms with Crippen LogP contribution in [0.15, 0.2) is 48.7 Å². The highest BCUT2D eigenvalue weighted by atomic mass is 16.7. The Hall–Kier alpha value is -3.41. The van der Waals surface area contributed by atoms with Gasteiger partial charge in [-0.05, 0) is 30.2 Å². The highest BCUT2D eigenvalue weighted by Gasteiger charge is 2.38. The molecule has 0 atom stereocenters. The second kappa shape index (κ2) is 5.59. The summed E-state index contributed by atoms with van der Waals surface area (Å²) in [4.78, 5) is 44.9. The number of H-pyrrole nitrogens is 1. The maximum absolute atomic E-state index is 12.3. The van der Waals surface area contributed by atoms with E-state index in [0.29, 0.717) is 5.06 Å². The van der Waals surface area contributed by atoms with Crippen LogP contribution in [0.4, 0.5) is 0 Å². The largest absolute Gasteiger partial charge is 0.361 e. The number of carbonyl (C=O) groups excluding carboxylic acids is 3. The third kappa shape index (κ3) is 2.39. The molecule has 0 saturated heterocycles. The Labute approximate surface area is 143 Å². The monoisotopic (exact) mass is 334 g/mol. The number of hydrogen-bond acceptors (Lipinski definition) is 4. The Kier molecular flexibility index (Phi) is 3.39. The van der Waals surface area contributed by atoms with E-state index in [9.17, 15) is 14.4 Å². The van der Waals surface area contributed by atoms with Gasteiger partial charge in [-0.1, -0.05) is 35.4 Å². The Balaban J connectivity index is 1.54. The molecule has 0 unspecified atom stereocenters. The summed E-state index contributed by atoms with van der Waals surface area (Å²) in [6.07, 6.45) is 1.69. The first-order chi connectivity index (χ1) is 12.1. The summed E-state index contributed by atoms with van der Waals surface area (Å²) in [6, 6.07) is 12.2. The predicted octanol–water partition coefficient (Wildman–Crippen LogP) is 2.77. The van der Waals surface area contributed by atoms with Gasteiger partial charge in [-0.25, -0.2) is 4.79 Å². The molecule has 1 N–H and O–H groups in total. The van der Waals surface area contributed by atoms with Crippen molar-refractivity contribution in [3.05, 3.63) is 70.9 Å². The van der Waals surface area contributed by atoms with Gasteiger partial charge in [-0.15, -0.1) is 0 Å². The van der Waals surface area contributed by atoms with Gasteiger partial charge in [0.25, 0.3) is 11.8 Å². The summed E-state index contributed by atoms with van der Waals surface area (Å²) in [7, 11) is 0. The Morgan fingerprint density at radius 3 is 2.40 bits per heavy atom. The normalized spacial score (nSPS) is 13.4. The van der Waals surface area contributed by atoms with Crippen LogP contribution >= 0.6 is 0 Å². The smallest absolute Gasteiger partial charge is 0.337 e. The predicted molar refractivity (Wildman–Crippen MR) is 89.8 cm³/mol. The molecule has 0 aliphatic carbocycles. The number of nitrogens with zero attached hydrogens (tertiary/aromatic N) is 1. The molecule has 25 heavy (non-hydrogen) atoms. The van der Waals surface area contributed by atoms with Gasteiger partial charge in [0, 0.05) is 17.1 Å². The van der Waals surface area contributed by atoms with Gasteiger partial charge >= 0.3 is 5.97 Å². The first-order valence-corrected chi connectivity index (χ1v) is 7.80. The molecule has 2 heterocycles. The Bertz CT molecular complexity index is 1000. The lowest BCUT2D eigenvalue weighted by molar-refractivity contribution is -0.167. The van der Waals surface area contributed by atoms with E-state index in [1.165, 1.54) is 12.1 Å². The lowest BCUT2D eigenvalue weighted by atomic mass is 10.1. The van der Waals surface area contributed by atoms with E-state index in [1.54, 1.807) is 18.3 Å². The third-order valence-electron chi connectivity index (χ3n) is 4.29. The summed E-state index contributed by atoms with van der Waals surface area (Å²) in [5, 5.41) is 1.45. The number of para-hydroxylation sites is 1. The second-order valence-corrected chi connectivity index (χ2v) is 5.90. The minimum atomic E-state index is -0.670. The number of aromatic amines is 1. The van der Waals surface area contributed by atoms with Gasteiger partial charge in [0.2, 0.25) is 0 Å². The van der Waals surface area contributed by atoms with Crippen molar-refractivity contribution in [3.8, 4) is 0 Å². The van der Waals surface area contributed by atoms with Crippen LogP contribution in [-0.2, 0) is 16.1 Å². The number of hydroxylamine groups is 2. The van der Waals surface area contributed by atoms with Crippen LogP contribution < -0.4 is 0 Å². The van der Waals surface area contributed by atoms with Gasteiger partial charge in [-0.3, -0.25) is 9.59 Å². The van der Waals surface area contributed by atoms with Crippen LogP contribution in [0.25, 0.3) is 10.9 Å². The minimum absolute atomic E-state index is 0.0448. The number of aryl methyl sites for hydroxylation is 1. The average molecular weight is 334 g/mol. The van der Waals surface area contributed by atoms with E-state index in [1.807, 2.05) is 25.1 Å². The topological polar surface area (TPSA) is 79.5 Å². The molecule has 0 saturated carbocycles.